The van der Waals surface area contributed by atoms with Crippen molar-refractivity contribution in [2.24, 2.45) is 5.92 Å². The minimum atomic E-state index is -1.05. The van der Waals surface area contributed by atoms with E-state index >= 15 is 0 Å². The normalized spacial score (nSPS) is 16.5. The number of carbonyl (C=O) groups excluding carboxylic acids is 1. The maximum Gasteiger partial charge on any atom is 0.315 e. The van der Waals surface area contributed by atoms with E-state index in [4.69, 9.17) is 5.11 Å². The van der Waals surface area contributed by atoms with Gasteiger partial charge in [-0.1, -0.05) is 6.07 Å². The van der Waals surface area contributed by atoms with E-state index in [1.807, 2.05) is 17.5 Å². The molecule has 0 aliphatic heterocycles. The maximum atomic E-state index is 12.0. The molecule has 0 aromatic carbocycles. The lowest BCUT2D eigenvalue weighted by molar-refractivity contribution is -0.150. The largest absolute Gasteiger partial charge is 0.481 e. The SMILES string of the molecule is CC(C(=O)O)C(=O)N(Cc1cccs1)C1CC1. The molecule has 1 heterocycles. The van der Waals surface area contributed by atoms with Gasteiger partial charge >= 0.3 is 5.97 Å². The van der Waals surface area contributed by atoms with Gasteiger partial charge in [-0.05, 0) is 31.2 Å². The van der Waals surface area contributed by atoms with Gasteiger partial charge in [-0.25, -0.2) is 0 Å². The van der Waals surface area contributed by atoms with Crippen LogP contribution in [0.5, 0.6) is 0 Å². The molecule has 0 saturated heterocycles. The second kappa shape index (κ2) is 4.87. The third kappa shape index (κ3) is 2.85. The fourth-order valence-electron chi connectivity index (χ4n) is 1.70. The summed E-state index contributed by atoms with van der Waals surface area (Å²) in [7, 11) is 0. The zero-order chi connectivity index (χ0) is 12.4. The third-order valence-electron chi connectivity index (χ3n) is 2.92. The molecule has 2 rings (SSSR count). The number of amides is 1. The first-order valence-corrected chi connectivity index (χ1v) is 6.53. The lowest BCUT2D eigenvalue weighted by Gasteiger charge is -2.23. The Kier molecular flexibility index (Phi) is 3.47. The van der Waals surface area contributed by atoms with Crippen LogP contribution in [0.4, 0.5) is 0 Å². The molecule has 0 radical (unpaired) electrons. The Morgan fingerprint density at radius 3 is 2.76 bits per heavy atom. The predicted molar refractivity (Wildman–Crippen MR) is 64.7 cm³/mol. The van der Waals surface area contributed by atoms with Crippen LogP contribution in [0.3, 0.4) is 0 Å². The van der Waals surface area contributed by atoms with Crippen molar-refractivity contribution in [2.45, 2.75) is 32.4 Å². The number of hydrogen-bond acceptors (Lipinski definition) is 3. The highest BCUT2D eigenvalue weighted by molar-refractivity contribution is 7.09. The fraction of sp³-hybridized carbons (Fsp3) is 0.500. The Morgan fingerprint density at radius 1 is 1.59 bits per heavy atom. The third-order valence-corrected chi connectivity index (χ3v) is 3.78. The average Bonchev–Trinajstić information content (AvgIpc) is 3.01. The van der Waals surface area contributed by atoms with E-state index in [1.165, 1.54) is 6.92 Å². The van der Waals surface area contributed by atoms with E-state index in [2.05, 4.69) is 0 Å². The standard InChI is InChI=1S/C12H15NO3S/c1-8(12(15)16)11(14)13(9-4-5-9)7-10-3-2-6-17-10/h2-3,6,8-9H,4-5,7H2,1H3,(H,15,16). The molecule has 1 N–H and O–H groups in total. The quantitative estimate of drug-likeness (QED) is 0.816. The van der Waals surface area contributed by atoms with Crippen molar-refractivity contribution in [2.75, 3.05) is 0 Å². The van der Waals surface area contributed by atoms with E-state index in [1.54, 1.807) is 16.2 Å². The molecule has 1 aliphatic rings. The highest BCUT2D eigenvalue weighted by atomic mass is 32.1. The smallest absolute Gasteiger partial charge is 0.315 e. The highest BCUT2D eigenvalue weighted by Crippen LogP contribution is 2.30. The van der Waals surface area contributed by atoms with Crippen LogP contribution in [0.15, 0.2) is 17.5 Å². The van der Waals surface area contributed by atoms with Crippen LogP contribution in [0.1, 0.15) is 24.6 Å². The molecule has 92 valence electrons. The van der Waals surface area contributed by atoms with E-state index < -0.39 is 11.9 Å². The Bertz CT molecular complexity index is 411. The number of carbonyl (C=O) groups is 2. The molecular formula is C12H15NO3S. The van der Waals surface area contributed by atoms with Crippen LogP contribution >= 0.6 is 11.3 Å². The Hall–Kier alpha value is -1.36. The lowest BCUT2D eigenvalue weighted by atomic mass is 10.1. The van der Waals surface area contributed by atoms with Gasteiger partial charge in [0.2, 0.25) is 5.91 Å². The molecule has 1 aliphatic carbocycles. The second-order valence-corrected chi connectivity index (χ2v) is 5.37. The van der Waals surface area contributed by atoms with Crippen molar-refractivity contribution in [1.29, 1.82) is 0 Å². The van der Waals surface area contributed by atoms with Crippen LogP contribution in [0.2, 0.25) is 0 Å². The molecule has 1 aromatic heterocycles. The monoisotopic (exact) mass is 253 g/mol. The summed E-state index contributed by atoms with van der Waals surface area (Å²) in [5.41, 5.74) is 0. The van der Waals surface area contributed by atoms with Crippen molar-refractivity contribution in [1.82, 2.24) is 4.90 Å². The van der Waals surface area contributed by atoms with Gasteiger partial charge in [0.25, 0.3) is 0 Å². The fourth-order valence-corrected chi connectivity index (χ4v) is 2.40. The lowest BCUT2D eigenvalue weighted by Crippen LogP contribution is -2.39. The predicted octanol–water partition coefficient (Wildman–Crippen LogP) is 1.96. The molecule has 17 heavy (non-hydrogen) atoms. The van der Waals surface area contributed by atoms with Crippen molar-refractivity contribution < 1.29 is 14.7 Å². The number of hydrogen-bond donors (Lipinski definition) is 1. The van der Waals surface area contributed by atoms with Crippen molar-refractivity contribution in [3.63, 3.8) is 0 Å². The first-order valence-electron chi connectivity index (χ1n) is 5.65. The summed E-state index contributed by atoms with van der Waals surface area (Å²) in [6, 6.07) is 4.15. The Balaban J connectivity index is 2.07. The number of rotatable bonds is 5. The molecule has 0 spiro atoms. The summed E-state index contributed by atoms with van der Waals surface area (Å²) < 4.78 is 0. The van der Waals surface area contributed by atoms with E-state index in [-0.39, 0.29) is 11.9 Å². The topological polar surface area (TPSA) is 57.6 Å². The van der Waals surface area contributed by atoms with Crippen LogP contribution in [0.25, 0.3) is 0 Å². The molecule has 5 heteroatoms. The van der Waals surface area contributed by atoms with Crippen molar-refractivity contribution >= 4 is 23.2 Å². The number of nitrogens with zero attached hydrogens (tertiary/aromatic N) is 1. The van der Waals surface area contributed by atoms with E-state index in [0.717, 1.165) is 17.7 Å². The molecule has 0 bridgehead atoms. The first-order chi connectivity index (χ1) is 8.09. The van der Waals surface area contributed by atoms with Gasteiger partial charge in [0, 0.05) is 10.9 Å². The Morgan fingerprint density at radius 2 is 2.29 bits per heavy atom. The zero-order valence-electron chi connectivity index (χ0n) is 9.63. The highest BCUT2D eigenvalue weighted by Gasteiger charge is 2.36. The molecular weight excluding hydrogens is 238 g/mol. The number of aliphatic carboxylic acids is 1. The summed E-state index contributed by atoms with van der Waals surface area (Å²) in [5.74, 6) is -2.27. The summed E-state index contributed by atoms with van der Waals surface area (Å²) in [6.45, 7) is 1.99. The van der Waals surface area contributed by atoms with Gasteiger partial charge in [0.1, 0.15) is 5.92 Å². The van der Waals surface area contributed by atoms with Crippen LogP contribution in [-0.4, -0.2) is 27.9 Å². The van der Waals surface area contributed by atoms with E-state index in [0.29, 0.717) is 6.54 Å². The van der Waals surface area contributed by atoms with Gasteiger partial charge < -0.3 is 10.0 Å². The number of carboxylic acids is 1. The van der Waals surface area contributed by atoms with Gasteiger partial charge in [0.15, 0.2) is 0 Å². The summed E-state index contributed by atoms with van der Waals surface area (Å²) >= 11 is 1.59. The van der Waals surface area contributed by atoms with E-state index in [9.17, 15) is 9.59 Å². The van der Waals surface area contributed by atoms with Gasteiger partial charge in [-0.2, -0.15) is 0 Å². The minimum Gasteiger partial charge on any atom is -0.481 e. The molecule has 1 fully saturated rings. The minimum absolute atomic E-state index is 0.242. The summed E-state index contributed by atoms with van der Waals surface area (Å²) in [6.07, 6.45) is 1.98. The molecule has 1 unspecified atom stereocenters. The van der Waals surface area contributed by atoms with Crippen LogP contribution in [-0.2, 0) is 16.1 Å². The summed E-state index contributed by atoms with van der Waals surface area (Å²) in [4.78, 5) is 25.7. The van der Waals surface area contributed by atoms with Crippen LogP contribution in [0, 0.1) is 5.92 Å². The first kappa shape index (κ1) is 12.1. The molecule has 1 atom stereocenters. The molecule has 1 amide bonds. The molecule has 1 saturated carbocycles. The number of carboxylic acid groups (broad SMARTS) is 1. The maximum absolute atomic E-state index is 12.0. The zero-order valence-corrected chi connectivity index (χ0v) is 10.4. The van der Waals surface area contributed by atoms with Crippen molar-refractivity contribution in [3.8, 4) is 0 Å². The van der Waals surface area contributed by atoms with Gasteiger partial charge in [0.05, 0.1) is 6.54 Å². The Labute approximate surface area is 104 Å². The van der Waals surface area contributed by atoms with Crippen LogP contribution < -0.4 is 0 Å². The molecule has 4 nitrogen and oxygen atoms in total. The number of thiophene rings is 1. The molecule has 1 aromatic rings. The van der Waals surface area contributed by atoms with Gasteiger partial charge in [-0.3, -0.25) is 9.59 Å². The van der Waals surface area contributed by atoms with Crippen molar-refractivity contribution in [3.05, 3.63) is 22.4 Å². The average molecular weight is 253 g/mol. The van der Waals surface area contributed by atoms with Gasteiger partial charge in [-0.15, -0.1) is 11.3 Å². The summed E-state index contributed by atoms with van der Waals surface area (Å²) in [5, 5.41) is 10.8. The second-order valence-electron chi connectivity index (χ2n) is 4.34.